The van der Waals surface area contributed by atoms with E-state index in [2.05, 4.69) is 61.3 Å². The van der Waals surface area contributed by atoms with E-state index in [4.69, 9.17) is 0 Å². The zero-order chi connectivity index (χ0) is 14.6. The van der Waals surface area contributed by atoms with Crippen LogP contribution >= 0.6 is 0 Å². The third-order valence-electron chi connectivity index (χ3n) is 3.81. The van der Waals surface area contributed by atoms with Crippen LogP contribution in [0.3, 0.4) is 0 Å². The number of unbranched alkanes of at least 4 members (excludes halogenated alkanes) is 2. The Morgan fingerprint density at radius 3 is 2.05 bits per heavy atom. The SMILES string of the molecule is CCCCN(CCCC)C(CC)NCc1ccccc1. The van der Waals surface area contributed by atoms with Crippen molar-refractivity contribution in [3.8, 4) is 0 Å². The lowest BCUT2D eigenvalue weighted by Gasteiger charge is -2.32. The van der Waals surface area contributed by atoms with Crippen molar-refractivity contribution in [2.24, 2.45) is 0 Å². The van der Waals surface area contributed by atoms with Crippen molar-refractivity contribution in [1.82, 2.24) is 10.2 Å². The summed E-state index contributed by atoms with van der Waals surface area (Å²) >= 11 is 0. The van der Waals surface area contributed by atoms with Crippen molar-refractivity contribution >= 4 is 0 Å². The molecule has 0 aliphatic heterocycles. The van der Waals surface area contributed by atoms with E-state index in [0.717, 1.165) is 6.54 Å². The predicted molar refractivity (Wildman–Crippen MR) is 88.7 cm³/mol. The minimum absolute atomic E-state index is 0.508. The number of nitrogens with zero attached hydrogens (tertiary/aromatic N) is 1. The van der Waals surface area contributed by atoms with E-state index in [1.807, 2.05) is 0 Å². The summed E-state index contributed by atoms with van der Waals surface area (Å²) in [6, 6.07) is 10.7. The molecule has 2 heteroatoms. The Balaban J connectivity index is 2.50. The van der Waals surface area contributed by atoms with Crippen molar-refractivity contribution in [2.75, 3.05) is 13.1 Å². The van der Waals surface area contributed by atoms with Crippen molar-refractivity contribution in [1.29, 1.82) is 0 Å². The fraction of sp³-hybridized carbons (Fsp3) is 0.667. The minimum Gasteiger partial charge on any atom is -0.298 e. The van der Waals surface area contributed by atoms with Crippen molar-refractivity contribution in [3.05, 3.63) is 35.9 Å². The van der Waals surface area contributed by atoms with Crippen LogP contribution in [0.2, 0.25) is 0 Å². The van der Waals surface area contributed by atoms with Gasteiger partial charge in [0.25, 0.3) is 0 Å². The molecule has 0 fully saturated rings. The van der Waals surface area contributed by atoms with Crippen LogP contribution in [0.1, 0.15) is 58.4 Å². The fourth-order valence-electron chi connectivity index (χ4n) is 2.51. The first-order valence-electron chi connectivity index (χ1n) is 8.33. The molecule has 1 unspecified atom stereocenters. The van der Waals surface area contributed by atoms with Gasteiger partial charge in [0.15, 0.2) is 0 Å². The van der Waals surface area contributed by atoms with Crippen LogP contribution in [0.15, 0.2) is 30.3 Å². The van der Waals surface area contributed by atoms with Gasteiger partial charge in [-0.3, -0.25) is 10.2 Å². The lowest BCUT2D eigenvalue weighted by atomic mass is 10.2. The summed E-state index contributed by atoms with van der Waals surface area (Å²) < 4.78 is 0. The molecule has 0 amide bonds. The van der Waals surface area contributed by atoms with Crippen LogP contribution in [0.5, 0.6) is 0 Å². The molecule has 1 N–H and O–H groups in total. The highest BCUT2D eigenvalue weighted by atomic mass is 15.3. The summed E-state index contributed by atoms with van der Waals surface area (Å²) in [6.45, 7) is 10.2. The van der Waals surface area contributed by atoms with Gasteiger partial charge in [0.2, 0.25) is 0 Å². The third kappa shape index (κ3) is 6.53. The van der Waals surface area contributed by atoms with Gasteiger partial charge >= 0.3 is 0 Å². The highest BCUT2D eigenvalue weighted by molar-refractivity contribution is 5.14. The number of hydrogen-bond acceptors (Lipinski definition) is 2. The summed E-state index contributed by atoms with van der Waals surface area (Å²) in [6.07, 6.45) is 6.82. The molecule has 0 aliphatic carbocycles. The Kier molecular flexibility index (Phi) is 9.35. The maximum Gasteiger partial charge on any atom is 0.0596 e. The molecular formula is C18H32N2. The van der Waals surface area contributed by atoms with E-state index >= 15 is 0 Å². The molecule has 1 aromatic carbocycles. The number of benzene rings is 1. The molecule has 2 nitrogen and oxygen atoms in total. The molecule has 0 aromatic heterocycles. The predicted octanol–water partition coefficient (Wildman–Crippen LogP) is 4.41. The van der Waals surface area contributed by atoms with Gasteiger partial charge in [0.05, 0.1) is 6.17 Å². The van der Waals surface area contributed by atoms with Gasteiger partial charge in [-0.15, -0.1) is 0 Å². The molecular weight excluding hydrogens is 244 g/mol. The van der Waals surface area contributed by atoms with E-state index in [-0.39, 0.29) is 0 Å². The largest absolute Gasteiger partial charge is 0.298 e. The molecule has 0 saturated carbocycles. The quantitative estimate of drug-likeness (QED) is 0.602. The molecule has 114 valence electrons. The lowest BCUT2D eigenvalue weighted by Crippen LogP contribution is -2.46. The Labute approximate surface area is 125 Å². The van der Waals surface area contributed by atoms with Crippen molar-refractivity contribution in [2.45, 2.75) is 65.6 Å². The van der Waals surface area contributed by atoms with Gasteiger partial charge in [-0.1, -0.05) is 63.9 Å². The fourth-order valence-corrected chi connectivity index (χ4v) is 2.51. The van der Waals surface area contributed by atoms with Gasteiger partial charge < -0.3 is 0 Å². The smallest absolute Gasteiger partial charge is 0.0596 e. The van der Waals surface area contributed by atoms with Gasteiger partial charge in [-0.2, -0.15) is 0 Å². The second kappa shape index (κ2) is 10.9. The van der Waals surface area contributed by atoms with E-state index in [9.17, 15) is 0 Å². The monoisotopic (exact) mass is 276 g/mol. The maximum absolute atomic E-state index is 3.73. The molecule has 1 aromatic rings. The molecule has 20 heavy (non-hydrogen) atoms. The molecule has 0 spiro atoms. The first kappa shape index (κ1) is 17.2. The van der Waals surface area contributed by atoms with Crippen LogP contribution < -0.4 is 5.32 Å². The van der Waals surface area contributed by atoms with E-state index in [1.54, 1.807) is 0 Å². The molecule has 0 aliphatic rings. The highest BCUT2D eigenvalue weighted by Gasteiger charge is 2.14. The Bertz CT molecular complexity index is 315. The normalized spacial score (nSPS) is 12.8. The summed E-state index contributed by atoms with van der Waals surface area (Å²) in [5.41, 5.74) is 1.37. The zero-order valence-electron chi connectivity index (χ0n) is 13.6. The van der Waals surface area contributed by atoms with Crippen LogP contribution in [0, 0.1) is 0 Å². The van der Waals surface area contributed by atoms with Gasteiger partial charge in [0, 0.05) is 6.54 Å². The van der Waals surface area contributed by atoms with E-state index in [1.165, 1.54) is 50.8 Å². The molecule has 0 radical (unpaired) electrons. The zero-order valence-corrected chi connectivity index (χ0v) is 13.6. The highest BCUT2D eigenvalue weighted by Crippen LogP contribution is 2.08. The molecule has 1 rings (SSSR count). The molecule has 0 saturated heterocycles. The molecule has 1 atom stereocenters. The lowest BCUT2D eigenvalue weighted by molar-refractivity contribution is 0.153. The Morgan fingerprint density at radius 1 is 0.950 bits per heavy atom. The van der Waals surface area contributed by atoms with Crippen LogP contribution in [0.4, 0.5) is 0 Å². The molecule has 0 bridgehead atoms. The van der Waals surface area contributed by atoms with Gasteiger partial charge in [0.1, 0.15) is 0 Å². The van der Waals surface area contributed by atoms with Crippen LogP contribution in [-0.4, -0.2) is 24.2 Å². The standard InChI is InChI=1S/C18H32N2/c1-4-7-14-20(15-8-5-2)18(6-3)19-16-17-12-10-9-11-13-17/h9-13,18-19H,4-8,14-16H2,1-3H3. The average Bonchev–Trinajstić information content (AvgIpc) is 2.50. The van der Waals surface area contributed by atoms with E-state index in [0.29, 0.717) is 6.17 Å². The topological polar surface area (TPSA) is 15.3 Å². The number of rotatable bonds is 11. The van der Waals surface area contributed by atoms with Gasteiger partial charge in [-0.05, 0) is 37.9 Å². The summed E-state index contributed by atoms with van der Waals surface area (Å²) in [4.78, 5) is 2.63. The van der Waals surface area contributed by atoms with E-state index < -0.39 is 0 Å². The van der Waals surface area contributed by atoms with Crippen molar-refractivity contribution < 1.29 is 0 Å². The first-order valence-corrected chi connectivity index (χ1v) is 8.33. The Morgan fingerprint density at radius 2 is 1.55 bits per heavy atom. The summed E-state index contributed by atoms with van der Waals surface area (Å²) in [5, 5.41) is 3.73. The van der Waals surface area contributed by atoms with Crippen LogP contribution in [0.25, 0.3) is 0 Å². The van der Waals surface area contributed by atoms with Crippen LogP contribution in [-0.2, 0) is 6.54 Å². The Hall–Kier alpha value is -0.860. The number of nitrogens with one attached hydrogen (secondary N) is 1. The van der Waals surface area contributed by atoms with Gasteiger partial charge in [-0.25, -0.2) is 0 Å². The second-order valence-electron chi connectivity index (χ2n) is 5.53. The summed E-state index contributed by atoms with van der Waals surface area (Å²) in [5.74, 6) is 0. The maximum atomic E-state index is 3.73. The molecule has 0 heterocycles. The minimum atomic E-state index is 0.508. The summed E-state index contributed by atoms with van der Waals surface area (Å²) in [7, 11) is 0. The van der Waals surface area contributed by atoms with Crippen molar-refractivity contribution in [3.63, 3.8) is 0 Å². The second-order valence-corrected chi connectivity index (χ2v) is 5.53. The first-order chi connectivity index (χ1) is 9.81. The number of hydrogen-bond donors (Lipinski definition) is 1. The third-order valence-corrected chi connectivity index (χ3v) is 3.81. The average molecular weight is 276 g/mol.